The molecule has 7 heteroatoms. The zero-order valence-corrected chi connectivity index (χ0v) is 12.8. The van der Waals surface area contributed by atoms with E-state index in [2.05, 4.69) is 0 Å². The van der Waals surface area contributed by atoms with Crippen LogP contribution in [0, 0.1) is 10.1 Å². The molecule has 23 heavy (non-hydrogen) atoms. The van der Waals surface area contributed by atoms with Gasteiger partial charge in [-0.15, -0.1) is 0 Å². The minimum absolute atomic E-state index is 0.0957. The Kier molecular flexibility index (Phi) is 3.69. The first-order valence-corrected chi connectivity index (χ1v) is 7.14. The Bertz CT molecular complexity index is 794. The fraction of sp³-hybridized carbons (Fsp3) is 0.188. The van der Waals surface area contributed by atoms with Crippen molar-refractivity contribution in [3.05, 3.63) is 69.8 Å². The predicted molar refractivity (Wildman–Crippen MR) is 82.7 cm³/mol. The molecular weight excluding hydrogens is 322 g/mol. The smallest absolute Gasteiger partial charge is 0.397 e. The van der Waals surface area contributed by atoms with Gasteiger partial charge in [-0.05, 0) is 35.9 Å². The SMILES string of the molecule is COc1cccc([C@H]2Oc3ccccc3C(=O)[C@]2(Cl)[N+](=O)[O-])c1. The van der Waals surface area contributed by atoms with Crippen LogP contribution < -0.4 is 9.47 Å². The summed E-state index contributed by atoms with van der Waals surface area (Å²) in [5.41, 5.74) is 0.484. The third kappa shape index (κ3) is 2.31. The van der Waals surface area contributed by atoms with E-state index in [1.807, 2.05) is 0 Å². The highest BCUT2D eigenvalue weighted by Crippen LogP contribution is 2.45. The van der Waals surface area contributed by atoms with Crippen molar-refractivity contribution >= 4 is 17.4 Å². The second-order valence-corrected chi connectivity index (χ2v) is 5.61. The lowest BCUT2D eigenvalue weighted by molar-refractivity contribution is -0.536. The summed E-state index contributed by atoms with van der Waals surface area (Å²) < 4.78 is 10.8. The van der Waals surface area contributed by atoms with E-state index >= 15 is 0 Å². The minimum Gasteiger partial charge on any atom is -0.497 e. The zero-order chi connectivity index (χ0) is 16.6. The van der Waals surface area contributed by atoms with Crippen LogP contribution in [-0.4, -0.2) is 22.8 Å². The van der Waals surface area contributed by atoms with Gasteiger partial charge in [-0.3, -0.25) is 14.9 Å². The van der Waals surface area contributed by atoms with Gasteiger partial charge >= 0.3 is 5.00 Å². The quantitative estimate of drug-likeness (QED) is 0.373. The molecule has 1 aliphatic rings. The molecule has 0 radical (unpaired) electrons. The molecule has 6 nitrogen and oxygen atoms in total. The highest BCUT2D eigenvalue weighted by Gasteiger charge is 2.62. The van der Waals surface area contributed by atoms with Crippen LogP contribution in [0.5, 0.6) is 11.5 Å². The van der Waals surface area contributed by atoms with Crippen LogP contribution >= 0.6 is 11.6 Å². The monoisotopic (exact) mass is 333 g/mol. The Hall–Kier alpha value is -2.60. The average Bonchev–Trinajstić information content (AvgIpc) is 2.58. The average molecular weight is 334 g/mol. The van der Waals surface area contributed by atoms with Gasteiger partial charge in [-0.2, -0.15) is 0 Å². The number of carbonyl (C=O) groups is 1. The van der Waals surface area contributed by atoms with E-state index in [9.17, 15) is 14.9 Å². The Morgan fingerprint density at radius 2 is 2.00 bits per heavy atom. The molecule has 0 saturated carbocycles. The molecule has 0 aromatic heterocycles. The maximum Gasteiger partial charge on any atom is 0.397 e. The maximum absolute atomic E-state index is 12.6. The molecule has 0 aliphatic carbocycles. The number of Topliss-reactive ketones (excluding diaryl/α,β-unsaturated/α-hetero) is 1. The largest absolute Gasteiger partial charge is 0.497 e. The number of hydrogen-bond donors (Lipinski definition) is 0. The van der Waals surface area contributed by atoms with Crippen molar-refractivity contribution in [2.45, 2.75) is 11.1 Å². The second kappa shape index (κ2) is 5.55. The van der Waals surface area contributed by atoms with Crippen LogP contribution in [0.25, 0.3) is 0 Å². The first kappa shape index (κ1) is 15.3. The van der Waals surface area contributed by atoms with E-state index in [-0.39, 0.29) is 11.3 Å². The first-order chi connectivity index (χ1) is 11.0. The van der Waals surface area contributed by atoms with Crippen LogP contribution in [-0.2, 0) is 0 Å². The summed E-state index contributed by atoms with van der Waals surface area (Å²) in [6.45, 7) is 0. The highest BCUT2D eigenvalue weighted by molar-refractivity contribution is 6.37. The van der Waals surface area contributed by atoms with Crippen molar-refractivity contribution in [3.63, 3.8) is 0 Å². The van der Waals surface area contributed by atoms with Crippen molar-refractivity contribution in [2.24, 2.45) is 0 Å². The number of carbonyl (C=O) groups excluding carboxylic acids is 1. The molecule has 2 atom stereocenters. The van der Waals surface area contributed by atoms with Gasteiger partial charge in [0.05, 0.1) is 17.6 Å². The minimum atomic E-state index is -2.43. The summed E-state index contributed by atoms with van der Waals surface area (Å²) in [7, 11) is 1.47. The number of fused-ring (bicyclic) bond motifs is 1. The van der Waals surface area contributed by atoms with Gasteiger partial charge in [0.15, 0.2) is 0 Å². The maximum atomic E-state index is 12.6. The Morgan fingerprint density at radius 1 is 1.26 bits per heavy atom. The van der Waals surface area contributed by atoms with Crippen LogP contribution in [0.4, 0.5) is 0 Å². The molecule has 3 rings (SSSR count). The molecule has 1 heterocycles. The van der Waals surface area contributed by atoms with E-state index in [0.29, 0.717) is 11.3 Å². The third-order valence-corrected chi connectivity index (χ3v) is 4.21. The summed E-state index contributed by atoms with van der Waals surface area (Å²) in [5, 5.41) is 11.6. The van der Waals surface area contributed by atoms with E-state index in [1.54, 1.807) is 42.5 Å². The van der Waals surface area contributed by atoms with Gasteiger partial charge < -0.3 is 9.47 Å². The number of benzene rings is 2. The number of ether oxygens (including phenoxy) is 2. The number of methoxy groups -OCH3 is 1. The van der Waals surface area contributed by atoms with Crippen LogP contribution in [0.2, 0.25) is 0 Å². The number of nitro groups is 1. The van der Waals surface area contributed by atoms with E-state index < -0.39 is 21.8 Å². The molecule has 0 amide bonds. The molecule has 2 aromatic carbocycles. The van der Waals surface area contributed by atoms with E-state index in [1.165, 1.54) is 13.2 Å². The number of rotatable bonds is 3. The topological polar surface area (TPSA) is 78.7 Å². The lowest BCUT2D eigenvalue weighted by Gasteiger charge is -2.32. The van der Waals surface area contributed by atoms with Gasteiger partial charge in [0.2, 0.25) is 6.10 Å². The third-order valence-electron chi connectivity index (χ3n) is 3.70. The lowest BCUT2D eigenvalue weighted by atomic mass is 9.91. The van der Waals surface area contributed by atoms with Gasteiger partial charge in [0.25, 0.3) is 5.78 Å². The van der Waals surface area contributed by atoms with Gasteiger partial charge in [0, 0.05) is 5.56 Å². The Labute approximate surface area is 136 Å². The zero-order valence-electron chi connectivity index (χ0n) is 12.1. The molecule has 0 saturated heterocycles. The van der Waals surface area contributed by atoms with Gasteiger partial charge in [-0.25, -0.2) is 0 Å². The van der Waals surface area contributed by atoms with Crippen LogP contribution in [0.1, 0.15) is 22.0 Å². The van der Waals surface area contributed by atoms with Crippen molar-refractivity contribution in [1.29, 1.82) is 0 Å². The number of ketones is 1. The fourth-order valence-electron chi connectivity index (χ4n) is 2.54. The van der Waals surface area contributed by atoms with Gasteiger partial charge in [0.1, 0.15) is 11.5 Å². The molecular formula is C16H12ClNO5. The summed E-state index contributed by atoms with van der Waals surface area (Å²) in [4.78, 5) is 21.0. The predicted octanol–water partition coefficient (Wildman–Crippen LogP) is 3.22. The van der Waals surface area contributed by atoms with Crippen LogP contribution in [0.3, 0.4) is 0 Å². The van der Waals surface area contributed by atoms with Gasteiger partial charge in [-0.1, -0.05) is 24.3 Å². The summed E-state index contributed by atoms with van der Waals surface area (Å²) in [5.74, 6) is -0.0398. The normalized spacial score (nSPS) is 22.9. The number of nitrogens with zero attached hydrogens (tertiary/aromatic N) is 1. The number of para-hydroxylation sites is 1. The van der Waals surface area contributed by atoms with Crippen molar-refractivity contribution in [1.82, 2.24) is 0 Å². The molecule has 118 valence electrons. The second-order valence-electron chi connectivity index (χ2n) is 5.03. The molecule has 0 unspecified atom stereocenters. The number of halogens is 1. The summed E-state index contributed by atoms with van der Waals surface area (Å²) in [6.07, 6.45) is -1.27. The van der Waals surface area contributed by atoms with Crippen LogP contribution in [0.15, 0.2) is 48.5 Å². The molecule has 2 aromatic rings. The molecule has 0 fully saturated rings. The fourth-order valence-corrected chi connectivity index (χ4v) is 2.81. The van der Waals surface area contributed by atoms with Crippen molar-refractivity contribution < 1.29 is 19.2 Å². The molecule has 0 spiro atoms. The summed E-state index contributed by atoms with van der Waals surface area (Å²) in [6, 6.07) is 12.8. The van der Waals surface area contributed by atoms with Crippen molar-refractivity contribution in [2.75, 3.05) is 7.11 Å². The first-order valence-electron chi connectivity index (χ1n) is 6.76. The lowest BCUT2D eigenvalue weighted by Crippen LogP contribution is -2.51. The molecule has 0 bridgehead atoms. The number of hydrogen-bond acceptors (Lipinski definition) is 5. The highest BCUT2D eigenvalue weighted by atomic mass is 35.5. The van der Waals surface area contributed by atoms with E-state index in [0.717, 1.165) is 0 Å². The molecule has 0 N–H and O–H groups in total. The van der Waals surface area contributed by atoms with Crippen molar-refractivity contribution in [3.8, 4) is 11.5 Å². The van der Waals surface area contributed by atoms with E-state index in [4.69, 9.17) is 21.1 Å². The number of alkyl halides is 1. The Balaban J connectivity index is 2.18. The Morgan fingerprint density at radius 3 is 2.70 bits per heavy atom. The summed E-state index contributed by atoms with van der Waals surface area (Å²) >= 11 is 6.17. The standard InChI is InChI=1S/C16H12ClNO5/c1-22-11-6-4-5-10(9-11)15-16(17,18(20)21)14(19)12-7-2-3-8-13(12)23-15/h2-9,15H,1H3/t15-,16+/m1/s1. The molecule has 1 aliphatic heterocycles.